The number of amides is 1. The van der Waals surface area contributed by atoms with Crippen LogP contribution in [0.2, 0.25) is 0 Å². The Labute approximate surface area is 203 Å². The first-order valence-corrected chi connectivity index (χ1v) is 11.4. The minimum absolute atomic E-state index is 0.0986. The molecule has 0 saturated heterocycles. The summed E-state index contributed by atoms with van der Waals surface area (Å²) < 4.78 is 52.7. The van der Waals surface area contributed by atoms with E-state index in [1.54, 1.807) is 0 Å². The van der Waals surface area contributed by atoms with Gasteiger partial charge >= 0.3 is 11.9 Å². The number of rotatable bonds is 6. The Balaban J connectivity index is 1.47. The lowest BCUT2D eigenvalue weighted by molar-refractivity contribution is -0.137. The number of anilines is 1. The van der Waals surface area contributed by atoms with Gasteiger partial charge in [-0.3, -0.25) is 14.6 Å². The number of benzene rings is 2. The molecule has 0 aliphatic heterocycles. The fourth-order valence-electron chi connectivity index (χ4n) is 4.49. The highest BCUT2D eigenvalue weighted by atomic mass is 19.4. The highest BCUT2D eigenvalue weighted by molar-refractivity contribution is 5.97. The topological polar surface area (TPSA) is 107 Å². The number of H-pyrrole nitrogens is 2. The Morgan fingerprint density at radius 3 is 2.33 bits per heavy atom. The van der Waals surface area contributed by atoms with Gasteiger partial charge in [0.05, 0.1) is 5.56 Å². The number of halogens is 4. The number of hydrogen-bond donors (Lipinski definition) is 4. The van der Waals surface area contributed by atoms with Crippen molar-refractivity contribution in [3.05, 3.63) is 97.6 Å². The quantitative estimate of drug-likeness (QED) is 0.376. The number of carbonyl (C=O) groups is 1. The maximum absolute atomic E-state index is 13.7. The standard InChI is InChI=1S/C25H24F4N4O3/c26-18-11-14(10-17(12-18)25(27,28)29)13-30-20-21(32-24(36)33-22(20)34)23(35)31-19-8-6-16(7-9-19)15-4-2-1-3-5-15/h1-5,10-12,16,19,30H,6-9,13H2,(H,31,35)(H2,32,33,34,36)/t16-,19+. The van der Waals surface area contributed by atoms with Gasteiger partial charge in [0.1, 0.15) is 17.2 Å². The Bertz CT molecular complexity index is 1340. The lowest BCUT2D eigenvalue weighted by atomic mass is 9.82. The third kappa shape index (κ3) is 6.02. The summed E-state index contributed by atoms with van der Waals surface area (Å²) in [5.74, 6) is -1.41. The Hall–Kier alpha value is -3.89. The van der Waals surface area contributed by atoms with Crippen molar-refractivity contribution in [1.82, 2.24) is 15.3 Å². The summed E-state index contributed by atoms with van der Waals surface area (Å²) in [5, 5.41) is 5.40. The summed E-state index contributed by atoms with van der Waals surface area (Å²) in [7, 11) is 0. The molecule has 190 valence electrons. The van der Waals surface area contributed by atoms with Gasteiger partial charge in [-0.05, 0) is 60.9 Å². The predicted molar refractivity (Wildman–Crippen MR) is 125 cm³/mol. The zero-order valence-electron chi connectivity index (χ0n) is 19.0. The van der Waals surface area contributed by atoms with Crippen molar-refractivity contribution < 1.29 is 22.4 Å². The van der Waals surface area contributed by atoms with E-state index >= 15 is 0 Å². The summed E-state index contributed by atoms with van der Waals surface area (Å²) in [5.41, 5.74) is -2.56. The molecule has 11 heteroatoms. The maximum atomic E-state index is 13.7. The second-order valence-corrected chi connectivity index (χ2v) is 8.79. The average Bonchev–Trinajstić information content (AvgIpc) is 2.83. The Morgan fingerprint density at radius 1 is 0.972 bits per heavy atom. The maximum Gasteiger partial charge on any atom is 0.416 e. The minimum Gasteiger partial charge on any atom is -0.375 e. The van der Waals surface area contributed by atoms with Crippen LogP contribution in [-0.2, 0) is 12.7 Å². The van der Waals surface area contributed by atoms with Crippen molar-refractivity contribution in [2.24, 2.45) is 0 Å². The zero-order valence-corrected chi connectivity index (χ0v) is 19.0. The monoisotopic (exact) mass is 504 g/mol. The van der Waals surface area contributed by atoms with Crippen LogP contribution in [0, 0.1) is 5.82 Å². The molecule has 7 nitrogen and oxygen atoms in total. The van der Waals surface area contributed by atoms with Crippen LogP contribution in [0.1, 0.15) is 58.8 Å². The third-order valence-corrected chi connectivity index (χ3v) is 6.26. The van der Waals surface area contributed by atoms with E-state index in [2.05, 4.69) is 27.8 Å². The molecule has 36 heavy (non-hydrogen) atoms. The van der Waals surface area contributed by atoms with E-state index in [0.29, 0.717) is 24.8 Å². The fourth-order valence-corrected chi connectivity index (χ4v) is 4.49. The van der Waals surface area contributed by atoms with Crippen molar-refractivity contribution >= 4 is 11.6 Å². The van der Waals surface area contributed by atoms with Gasteiger partial charge in [0.25, 0.3) is 11.5 Å². The van der Waals surface area contributed by atoms with Gasteiger partial charge < -0.3 is 15.6 Å². The molecule has 3 aromatic rings. The largest absolute Gasteiger partial charge is 0.416 e. The molecule has 4 rings (SSSR count). The zero-order chi connectivity index (χ0) is 25.9. The second kappa shape index (κ2) is 10.4. The highest BCUT2D eigenvalue weighted by Crippen LogP contribution is 2.33. The molecule has 1 heterocycles. The van der Waals surface area contributed by atoms with Crippen LogP contribution in [0.15, 0.2) is 58.1 Å². The molecular weight excluding hydrogens is 480 g/mol. The van der Waals surface area contributed by atoms with Crippen molar-refractivity contribution in [2.75, 3.05) is 5.32 Å². The molecule has 2 aromatic carbocycles. The predicted octanol–water partition coefficient (Wildman–Crippen LogP) is 4.29. The molecule has 0 atom stereocenters. The van der Waals surface area contributed by atoms with E-state index in [1.165, 1.54) is 5.56 Å². The summed E-state index contributed by atoms with van der Waals surface area (Å²) in [4.78, 5) is 41.5. The molecule has 0 unspecified atom stereocenters. The van der Waals surface area contributed by atoms with Gasteiger partial charge in [0, 0.05) is 12.6 Å². The van der Waals surface area contributed by atoms with Crippen LogP contribution in [0.3, 0.4) is 0 Å². The Morgan fingerprint density at radius 2 is 1.67 bits per heavy atom. The number of aromatic amines is 2. The van der Waals surface area contributed by atoms with Crippen LogP contribution in [0.5, 0.6) is 0 Å². The first-order chi connectivity index (χ1) is 17.1. The SMILES string of the molecule is O=C(N[C@H]1CC[C@@H](c2ccccc2)CC1)c1[nH]c(=O)[nH]c(=O)c1NCc1cc(F)cc(C(F)(F)F)c1. The van der Waals surface area contributed by atoms with Crippen molar-refractivity contribution in [1.29, 1.82) is 0 Å². The van der Waals surface area contributed by atoms with Crippen molar-refractivity contribution in [2.45, 2.75) is 50.4 Å². The molecule has 0 bridgehead atoms. The van der Waals surface area contributed by atoms with E-state index in [0.717, 1.165) is 25.0 Å². The molecule has 1 aliphatic carbocycles. The first-order valence-electron chi connectivity index (χ1n) is 11.4. The molecule has 1 aromatic heterocycles. The number of aromatic nitrogens is 2. The molecule has 1 fully saturated rings. The van der Waals surface area contributed by atoms with Gasteiger partial charge in [0.15, 0.2) is 0 Å². The Kier molecular flexibility index (Phi) is 7.27. The molecular formula is C25H24F4N4O3. The molecule has 1 aliphatic rings. The van der Waals surface area contributed by atoms with Crippen molar-refractivity contribution in [3.8, 4) is 0 Å². The number of hydrogen-bond acceptors (Lipinski definition) is 4. The van der Waals surface area contributed by atoms with Gasteiger partial charge in [-0.25, -0.2) is 9.18 Å². The molecule has 4 N–H and O–H groups in total. The lowest BCUT2D eigenvalue weighted by Gasteiger charge is -2.29. The van der Waals surface area contributed by atoms with Crippen LogP contribution in [-0.4, -0.2) is 21.9 Å². The van der Waals surface area contributed by atoms with Crippen LogP contribution < -0.4 is 21.9 Å². The van der Waals surface area contributed by atoms with Gasteiger partial charge in [-0.2, -0.15) is 13.2 Å². The summed E-state index contributed by atoms with van der Waals surface area (Å²) >= 11 is 0. The van der Waals surface area contributed by atoms with E-state index in [1.807, 2.05) is 23.2 Å². The van der Waals surface area contributed by atoms with Crippen LogP contribution >= 0.6 is 0 Å². The van der Waals surface area contributed by atoms with Gasteiger partial charge in [0.2, 0.25) is 0 Å². The van der Waals surface area contributed by atoms with E-state index in [-0.39, 0.29) is 23.0 Å². The van der Waals surface area contributed by atoms with Crippen molar-refractivity contribution in [3.63, 3.8) is 0 Å². The average molecular weight is 504 g/mol. The third-order valence-electron chi connectivity index (χ3n) is 6.26. The highest BCUT2D eigenvalue weighted by Gasteiger charge is 2.31. The summed E-state index contributed by atoms with van der Waals surface area (Å²) in [6, 6.07) is 11.9. The minimum atomic E-state index is -4.75. The molecule has 0 spiro atoms. The number of alkyl halides is 3. The molecule has 0 radical (unpaired) electrons. The second-order valence-electron chi connectivity index (χ2n) is 8.79. The first kappa shape index (κ1) is 25.2. The summed E-state index contributed by atoms with van der Waals surface area (Å²) in [6.07, 6.45) is -1.65. The molecule has 1 amide bonds. The van der Waals surface area contributed by atoms with E-state index in [9.17, 15) is 31.9 Å². The smallest absolute Gasteiger partial charge is 0.375 e. The fraction of sp³-hybridized carbons (Fsp3) is 0.320. The van der Waals surface area contributed by atoms with E-state index in [4.69, 9.17) is 0 Å². The van der Waals surface area contributed by atoms with E-state index < -0.39 is 41.3 Å². The molecule has 1 saturated carbocycles. The van der Waals surface area contributed by atoms with Crippen LogP contribution in [0.25, 0.3) is 0 Å². The number of carbonyl (C=O) groups excluding carboxylic acids is 1. The van der Waals surface area contributed by atoms with Crippen LogP contribution in [0.4, 0.5) is 23.2 Å². The van der Waals surface area contributed by atoms with Gasteiger partial charge in [-0.1, -0.05) is 30.3 Å². The normalized spacial score (nSPS) is 18.0. The summed E-state index contributed by atoms with van der Waals surface area (Å²) in [6.45, 7) is -0.390. The lowest BCUT2D eigenvalue weighted by Crippen LogP contribution is -2.40. The number of nitrogens with one attached hydrogen (secondary N) is 4. The van der Waals surface area contributed by atoms with Gasteiger partial charge in [-0.15, -0.1) is 0 Å².